The third-order valence-corrected chi connectivity index (χ3v) is 2.71. The van der Waals surface area contributed by atoms with E-state index in [-0.39, 0.29) is 6.61 Å². The van der Waals surface area contributed by atoms with Crippen LogP contribution in [-0.2, 0) is 29.2 Å². The van der Waals surface area contributed by atoms with Crippen LogP contribution >= 0.6 is 0 Å². The van der Waals surface area contributed by atoms with Gasteiger partial charge in [-0.2, -0.15) is 8.42 Å². The highest BCUT2D eigenvalue weighted by molar-refractivity contribution is 7.87. The van der Waals surface area contributed by atoms with Gasteiger partial charge in [0.2, 0.25) is 0 Å². The Morgan fingerprint density at radius 1 is 1.28 bits per heavy atom. The number of esters is 2. The van der Waals surface area contributed by atoms with Crippen LogP contribution in [0.25, 0.3) is 0 Å². The molecule has 0 radical (unpaired) electrons. The number of hydrogen-bond acceptors (Lipinski definition) is 6. The molecule has 106 valence electrons. The average Bonchev–Trinajstić information content (AvgIpc) is 2.21. The Hall–Kier alpha value is -1.29. The fourth-order valence-corrected chi connectivity index (χ4v) is 1.57. The minimum absolute atomic E-state index is 0.170. The molecule has 7 nitrogen and oxygen atoms in total. The summed E-state index contributed by atoms with van der Waals surface area (Å²) in [5, 5.41) is -2.18. The lowest BCUT2D eigenvalue weighted by molar-refractivity contribution is -0.152. The van der Waals surface area contributed by atoms with E-state index in [0.29, 0.717) is 0 Å². The summed E-state index contributed by atoms with van der Waals surface area (Å²) in [6.45, 7) is -0.00907. The molecule has 1 atom stereocenters. The molecule has 10 heteroatoms. The van der Waals surface area contributed by atoms with E-state index >= 15 is 0 Å². The first-order chi connectivity index (χ1) is 8.18. The van der Waals surface area contributed by atoms with Gasteiger partial charge in [0.1, 0.15) is 0 Å². The highest BCUT2D eigenvalue weighted by atomic mass is 32.2. The van der Waals surface area contributed by atoms with Gasteiger partial charge in [-0.3, -0.25) is 14.1 Å². The summed E-state index contributed by atoms with van der Waals surface area (Å²) in [7, 11) is -4.88. The molecule has 0 bridgehead atoms. The van der Waals surface area contributed by atoms with Crippen molar-refractivity contribution in [2.45, 2.75) is 25.0 Å². The van der Waals surface area contributed by atoms with Crippen molar-refractivity contribution in [3.63, 3.8) is 0 Å². The maximum Gasteiger partial charge on any atom is 0.327 e. The molecular weight excluding hydrogens is 278 g/mol. The van der Waals surface area contributed by atoms with Gasteiger partial charge in [-0.15, -0.1) is 0 Å². The zero-order chi connectivity index (χ0) is 14.3. The molecule has 0 aliphatic carbocycles. The largest absolute Gasteiger partial charge is 0.465 e. The van der Waals surface area contributed by atoms with Crippen molar-refractivity contribution < 1.29 is 40.8 Å². The smallest absolute Gasteiger partial charge is 0.327 e. The number of halogens is 2. The maximum absolute atomic E-state index is 11.7. The molecule has 0 heterocycles. The van der Waals surface area contributed by atoms with E-state index in [1.54, 1.807) is 0 Å². The van der Waals surface area contributed by atoms with Crippen molar-refractivity contribution >= 4 is 22.1 Å². The molecule has 1 N–H and O–H groups in total. The van der Waals surface area contributed by atoms with E-state index in [1.165, 1.54) is 6.92 Å². The minimum Gasteiger partial charge on any atom is -0.465 e. The van der Waals surface area contributed by atoms with Crippen molar-refractivity contribution in [1.29, 1.82) is 0 Å². The van der Waals surface area contributed by atoms with Crippen molar-refractivity contribution in [3.8, 4) is 0 Å². The second-order valence-corrected chi connectivity index (χ2v) is 4.63. The normalized spacial score (nSPS) is 13.2. The first-order valence-corrected chi connectivity index (χ1v) is 6.25. The van der Waals surface area contributed by atoms with Crippen LogP contribution in [0.2, 0.25) is 0 Å². The Balaban J connectivity index is 4.62. The van der Waals surface area contributed by atoms with Crippen LogP contribution < -0.4 is 0 Å². The highest BCUT2D eigenvalue weighted by Gasteiger charge is 2.35. The standard InChI is InChI=1S/C8H12F2O7S/c1-2-16-8(12)5(18(13,14)15)3-7(11)17-4-6(9)10/h5-6H,2-4H2,1H3,(H,13,14,15). The van der Waals surface area contributed by atoms with Crippen LogP contribution in [0.4, 0.5) is 8.78 Å². The molecule has 0 rings (SSSR count). The van der Waals surface area contributed by atoms with Crippen LogP contribution in [0, 0.1) is 0 Å². The van der Waals surface area contributed by atoms with E-state index in [0.717, 1.165) is 0 Å². The fraction of sp³-hybridized carbons (Fsp3) is 0.750. The summed E-state index contributed by atoms with van der Waals surface area (Å²) in [6, 6.07) is 0. The van der Waals surface area contributed by atoms with Crippen molar-refractivity contribution in [2.24, 2.45) is 0 Å². The van der Waals surface area contributed by atoms with Crippen LogP contribution in [0.3, 0.4) is 0 Å². The van der Waals surface area contributed by atoms with Gasteiger partial charge in [-0.25, -0.2) is 8.78 Å². The number of ether oxygens (including phenoxy) is 2. The van der Waals surface area contributed by atoms with Crippen molar-refractivity contribution in [2.75, 3.05) is 13.2 Å². The first-order valence-electron chi connectivity index (χ1n) is 4.75. The molecule has 0 saturated carbocycles. The lowest BCUT2D eigenvalue weighted by Crippen LogP contribution is -2.34. The van der Waals surface area contributed by atoms with Gasteiger partial charge in [-0.1, -0.05) is 0 Å². The van der Waals surface area contributed by atoms with Gasteiger partial charge in [0, 0.05) is 0 Å². The van der Waals surface area contributed by atoms with Gasteiger partial charge < -0.3 is 9.47 Å². The second-order valence-electron chi connectivity index (χ2n) is 3.03. The lowest BCUT2D eigenvalue weighted by atomic mass is 10.3. The van der Waals surface area contributed by atoms with E-state index < -0.39 is 46.8 Å². The number of alkyl halides is 2. The molecule has 0 amide bonds. The molecule has 1 unspecified atom stereocenters. The Labute approximate surface area is 102 Å². The zero-order valence-corrected chi connectivity index (χ0v) is 10.2. The van der Waals surface area contributed by atoms with Crippen LogP contribution in [0.15, 0.2) is 0 Å². The SMILES string of the molecule is CCOC(=O)C(CC(=O)OCC(F)F)S(=O)(=O)O. The third kappa shape index (κ3) is 6.45. The van der Waals surface area contributed by atoms with Crippen molar-refractivity contribution in [3.05, 3.63) is 0 Å². The Morgan fingerprint density at radius 2 is 1.83 bits per heavy atom. The van der Waals surface area contributed by atoms with E-state index in [1.807, 2.05) is 0 Å². The lowest BCUT2D eigenvalue weighted by Gasteiger charge is -2.12. The van der Waals surface area contributed by atoms with Gasteiger partial charge >= 0.3 is 11.9 Å². The highest BCUT2D eigenvalue weighted by Crippen LogP contribution is 2.09. The summed E-state index contributed by atoms with van der Waals surface area (Å²) in [5.74, 6) is -2.71. The number of carbonyl (C=O) groups excluding carboxylic acids is 2. The molecule has 0 aliphatic rings. The number of rotatable bonds is 7. The Kier molecular flexibility index (Phi) is 6.70. The Bertz CT molecular complexity index is 392. The molecule has 0 fully saturated rings. The summed E-state index contributed by atoms with van der Waals surface area (Å²) in [5.41, 5.74) is 0. The van der Waals surface area contributed by atoms with Crippen molar-refractivity contribution in [1.82, 2.24) is 0 Å². The third-order valence-electron chi connectivity index (χ3n) is 1.63. The molecule has 0 aromatic heterocycles. The molecule has 0 aliphatic heterocycles. The molecule has 0 aromatic carbocycles. The zero-order valence-electron chi connectivity index (χ0n) is 9.34. The van der Waals surface area contributed by atoms with Gasteiger partial charge in [0.05, 0.1) is 13.0 Å². The van der Waals surface area contributed by atoms with Gasteiger partial charge in [0.15, 0.2) is 11.9 Å². The quantitative estimate of drug-likeness (QED) is 0.519. The number of carbonyl (C=O) groups is 2. The predicted octanol–water partition coefficient (Wildman–Crippen LogP) is 0.00430. The minimum atomic E-state index is -4.88. The fourth-order valence-electron chi connectivity index (χ4n) is 0.912. The van der Waals surface area contributed by atoms with Crippen LogP contribution in [0.1, 0.15) is 13.3 Å². The summed E-state index contributed by atoms with van der Waals surface area (Å²) >= 11 is 0. The van der Waals surface area contributed by atoms with Crippen LogP contribution in [-0.4, -0.2) is 49.8 Å². The Morgan fingerprint density at radius 3 is 2.22 bits per heavy atom. The molecule has 0 aromatic rings. The first kappa shape index (κ1) is 16.7. The summed E-state index contributed by atoms with van der Waals surface area (Å²) < 4.78 is 62.1. The monoisotopic (exact) mass is 290 g/mol. The topological polar surface area (TPSA) is 107 Å². The van der Waals surface area contributed by atoms with Gasteiger partial charge in [0.25, 0.3) is 16.5 Å². The number of hydrogen-bond donors (Lipinski definition) is 1. The van der Waals surface area contributed by atoms with E-state index in [2.05, 4.69) is 9.47 Å². The van der Waals surface area contributed by atoms with E-state index in [4.69, 9.17) is 4.55 Å². The van der Waals surface area contributed by atoms with Crippen LogP contribution in [0.5, 0.6) is 0 Å². The molecule has 0 saturated heterocycles. The summed E-state index contributed by atoms with van der Waals surface area (Å²) in [4.78, 5) is 22.1. The maximum atomic E-state index is 11.7. The second kappa shape index (κ2) is 7.21. The molecule has 0 spiro atoms. The summed E-state index contributed by atoms with van der Waals surface area (Å²) in [6.07, 6.45) is -4.01. The van der Waals surface area contributed by atoms with E-state index in [9.17, 15) is 26.8 Å². The molecular formula is C8H12F2O7S. The predicted molar refractivity (Wildman–Crippen MR) is 53.5 cm³/mol. The molecule has 18 heavy (non-hydrogen) atoms. The van der Waals surface area contributed by atoms with Gasteiger partial charge in [-0.05, 0) is 6.92 Å². The average molecular weight is 290 g/mol.